The molecule has 92 valence electrons. The van der Waals surface area contributed by atoms with Crippen LogP contribution >= 0.6 is 0 Å². The lowest BCUT2D eigenvalue weighted by molar-refractivity contribution is 0.0693. The van der Waals surface area contributed by atoms with Gasteiger partial charge in [0.1, 0.15) is 5.56 Å². The number of amides is 1. The lowest BCUT2D eigenvalue weighted by atomic mass is 9.99. The predicted octanol–water partition coefficient (Wildman–Crippen LogP) is 1.96. The summed E-state index contributed by atoms with van der Waals surface area (Å²) in [7, 11) is 1.54. The van der Waals surface area contributed by atoms with E-state index in [9.17, 15) is 4.79 Å². The third-order valence-corrected chi connectivity index (χ3v) is 3.27. The summed E-state index contributed by atoms with van der Waals surface area (Å²) in [4.78, 5) is 18.2. The van der Waals surface area contributed by atoms with Gasteiger partial charge in [-0.15, -0.1) is 0 Å². The Bertz CT molecular complexity index is 398. The van der Waals surface area contributed by atoms with Gasteiger partial charge in [-0.3, -0.25) is 4.79 Å². The molecule has 4 nitrogen and oxygen atoms in total. The molecule has 0 radical (unpaired) electrons. The third kappa shape index (κ3) is 2.57. The highest BCUT2D eigenvalue weighted by Crippen LogP contribution is 2.21. The molecule has 2 rings (SSSR count). The second kappa shape index (κ2) is 5.17. The second-order valence-corrected chi connectivity index (χ2v) is 4.53. The van der Waals surface area contributed by atoms with Crippen LogP contribution in [0.1, 0.15) is 30.1 Å². The first kappa shape index (κ1) is 11.9. The number of carbonyl (C=O) groups excluding carboxylic acids is 1. The number of hydrogen-bond acceptors (Lipinski definition) is 3. The Morgan fingerprint density at radius 1 is 1.47 bits per heavy atom. The number of ether oxygens (including phenoxy) is 1. The molecule has 0 aromatic carbocycles. The van der Waals surface area contributed by atoms with Crippen molar-refractivity contribution in [3.05, 3.63) is 23.9 Å². The number of aromatic nitrogens is 1. The average molecular weight is 234 g/mol. The van der Waals surface area contributed by atoms with E-state index in [1.54, 1.807) is 18.3 Å². The molecule has 0 N–H and O–H groups in total. The second-order valence-electron chi connectivity index (χ2n) is 4.53. The zero-order valence-electron chi connectivity index (χ0n) is 10.3. The van der Waals surface area contributed by atoms with Gasteiger partial charge in [-0.05, 0) is 30.9 Å². The number of pyridine rings is 1. The van der Waals surface area contributed by atoms with Crippen LogP contribution in [0.5, 0.6) is 5.88 Å². The van der Waals surface area contributed by atoms with Gasteiger partial charge in [0, 0.05) is 19.3 Å². The van der Waals surface area contributed by atoms with Crippen LogP contribution in [0.2, 0.25) is 0 Å². The molecule has 1 saturated heterocycles. The van der Waals surface area contributed by atoms with Crippen LogP contribution in [0.3, 0.4) is 0 Å². The Labute approximate surface area is 102 Å². The number of nitrogens with zero attached hydrogens (tertiary/aromatic N) is 2. The SMILES string of the molecule is COc1ncccc1C(=O)N1CCC(C)CC1. The number of carbonyl (C=O) groups is 1. The van der Waals surface area contributed by atoms with Gasteiger partial charge in [-0.1, -0.05) is 6.92 Å². The maximum Gasteiger partial charge on any atom is 0.259 e. The van der Waals surface area contributed by atoms with Crippen molar-refractivity contribution in [2.45, 2.75) is 19.8 Å². The van der Waals surface area contributed by atoms with E-state index < -0.39 is 0 Å². The minimum atomic E-state index is 0.0295. The monoisotopic (exact) mass is 234 g/mol. The fourth-order valence-electron chi connectivity index (χ4n) is 2.10. The minimum absolute atomic E-state index is 0.0295. The Balaban J connectivity index is 2.14. The van der Waals surface area contributed by atoms with Crippen molar-refractivity contribution in [2.75, 3.05) is 20.2 Å². The van der Waals surface area contributed by atoms with Crippen LogP contribution in [0.4, 0.5) is 0 Å². The molecule has 1 aromatic rings. The quantitative estimate of drug-likeness (QED) is 0.785. The highest BCUT2D eigenvalue weighted by atomic mass is 16.5. The molecule has 0 saturated carbocycles. The molecule has 2 heterocycles. The van der Waals surface area contributed by atoms with Crippen molar-refractivity contribution < 1.29 is 9.53 Å². The van der Waals surface area contributed by atoms with E-state index in [0.717, 1.165) is 31.8 Å². The van der Waals surface area contributed by atoms with Crippen molar-refractivity contribution in [1.82, 2.24) is 9.88 Å². The molecule has 1 aromatic heterocycles. The zero-order chi connectivity index (χ0) is 12.3. The maximum absolute atomic E-state index is 12.3. The van der Waals surface area contributed by atoms with Gasteiger partial charge in [0.25, 0.3) is 5.91 Å². The Kier molecular flexibility index (Phi) is 3.61. The van der Waals surface area contributed by atoms with E-state index in [-0.39, 0.29) is 5.91 Å². The van der Waals surface area contributed by atoms with Gasteiger partial charge in [0.2, 0.25) is 5.88 Å². The number of piperidine rings is 1. The van der Waals surface area contributed by atoms with Crippen LogP contribution in [0, 0.1) is 5.92 Å². The van der Waals surface area contributed by atoms with Gasteiger partial charge < -0.3 is 9.64 Å². The third-order valence-electron chi connectivity index (χ3n) is 3.27. The smallest absolute Gasteiger partial charge is 0.259 e. The highest BCUT2D eigenvalue weighted by Gasteiger charge is 2.23. The van der Waals surface area contributed by atoms with E-state index in [2.05, 4.69) is 11.9 Å². The van der Waals surface area contributed by atoms with Gasteiger partial charge in [0.05, 0.1) is 7.11 Å². The Morgan fingerprint density at radius 3 is 2.82 bits per heavy atom. The zero-order valence-corrected chi connectivity index (χ0v) is 10.3. The normalized spacial score (nSPS) is 16.9. The first-order chi connectivity index (χ1) is 8.22. The summed E-state index contributed by atoms with van der Waals surface area (Å²) < 4.78 is 5.12. The number of hydrogen-bond donors (Lipinski definition) is 0. The highest BCUT2D eigenvalue weighted by molar-refractivity contribution is 5.96. The van der Waals surface area contributed by atoms with Gasteiger partial charge in [0.15, 0.2) is 0 Å². The molecule has 1 amide bonds. The van der Waals surface area contributed by atoms with E-state index in [1.165, 1.54) is 7.11 Å². The first-order valence-corrected chi connectivity index (χ1v) is 6.00. The van der Waals surface area contributed by atoms with Crippen molar-refractivity contribution in [2.24, 2.45) is 5.92 Å². The minimum Gasteiger partial charge on any atom is -0.480 e. The van der Waals surface area contributed by atoms with Crippen LogP contribution < -0.4 is 4.74 Å². The molecule has 0 unspecified atom stereocenters. The molecule has 4 heteroatoms. The predicted molar refractivity (Wildman–Crippen MR) is 65.1 cm³/mol. The molecule has 1 aliphatic rings. The summed E-state index contributed by atoms with van der Waals surface area (Å²) in [5.74, 6) is 1.16. The average Bonchev–Trinajstić information content (AvgIpc) is 2.39. The number of methoxy groups -OCH3 is 1. The summed E-state index contributed by atoms with van der Waals surface area (Å²) >= 11 is 0. The maximum atomic E-state index is 12.3. The molecule has 1 aliphatic heterocycles. The number of rotatable bonds is 2. The molecule has 0 atom stereocenters. The van der Waals surface area contributed by atoms with Crippen molar-refractivity contribution in [3.8, 4) is 5.88 Å². The summed E-state index contributed by atoms with van der Waals surface area (Å²) in [6.07, 6.45) is 3.79. The standard InChI is InChI=1S/C13H18N2O2/c1-10-5-8-15(9-6-10)13(16)11-4-3-7-14-12(11)17-2/h3-4,7,10H,5-6,8-9H2,1-2H3. The van der Waals surface area contributed by atoms with Crippen LogP contribution in [0.15, 0.2) is 18.3 Å². The van der Waals surface area contributed by atoms with Crippen molar-refractivity contribution in [3.63, 3.8) is 0 Å². The van der Waals surface area contributed by atoms with Crippen LogP contribution in [-0.4, -0.2) is 36.0 Å². The van der Waals surface area contributed by atoms with E-state index in [0.29, 0.717) is 11.4 Å². The first-order valence-electron chi connectivity index (χ1n) is 6.00. The number of likely N-dealkylation sites (tertiary alicyclic amines) is 1. The summed E-state index contributed by atoms with van der Waals surface area (Å²) in [5, 5.41) is 0. The Morgan fingerprint density at radius 2 is 2.18 bits per heavy atom. The summed E-state index contributed by atoms with van der Waals surface area (Å²) in [6, 6.07) is 3.54. The van der Waals surface area contributed by atoms with Gasteiger partial charge in [-0.25, -0.2) is 4.98 Å². The van der Waals surface area contributed by atoms with Crippen molar-refractivity contribution >= 4 is 5.91 Å². The fourth-order valence-corrected chi connectivity index (χ4v) is 2.10. The Hall–Kier alpha value is -1.58. The van der Waals surface area contributed by atoms with Gasteiger partial charge in [-0.2, -0.15) is 0 Å². The fraction of sp³-hybridized carbons (Fsp3) is 0.538. The molecule has 1 fully saturated rings. The summed E-state index contributed by atoms with van der Waals surface area (Å²) in [5.41, 5.74) is 0.560. The lowest BCUT2D eigenvalue weighted by Gasteiger charge is -2.30. The molecular weight excluding hydrogens is 216 g/mol. The largest absolute Gasteiger partial charge is 0.480 e. The topological polar surface area (TPSA) is 42.4 Å². The molecular formula is C13H18N2O2. The van der Waals surface area contributed by atoms with Crippen LogP contribution in [-0.2, 0) is 0 Å². The summed E-state index contributed by atoms with van der Waals surface area (Å²) in [6.45, 7) is 3.89. The van der Waals surface area contributed by atoms with Crippen LogP contribution in [0.25, 0.3) is 0 Å². The van der Waals surface area contributed by atoms with Crippen molar-refractivity contribution in [1.29, 1.82) is 0 Å². The van der Waals surface area contributed by atoms with E-state index in [4.69, 9.17) is 4.74 Å². The molecule has 0 aliphatic carbocycles. The van der Waals surface area contributed by atoms with E-state index >= 15 is 0 Å². The van der Waals surface area contributed by atoms with Gasteiger partial charge >= 0.3 is 0 Å². The molecule has 0 bridgehead atoms. The lowest BCUT2D eigenvalue weighted by Crippen LogP contribution is -2.38. The van der Waals surface area contributed by atoms with E-state index in [1.807, 2.05) is 4.90 Å². The molecule has 0 spiro atoms. The molecule has 17 heavy (non-hydrogen) atoms.